The monoisotopic (exact) mass is 315 g/mol. The molecular formula is C17H21N3O3. The van der Waals surface area contributed by atoms with Gasteiger partial charge in [0, 0.05) is 24.5 Å². The van der Waals surface area contributed by atoms with E-state index in [9.17, 15) is 4.79 Å². The molecule has 0 aliphatic carbocycles. The van der Waals surface area contributed by atoms with Crippen LogP contribution in [0.15, 0.2) is 28.8 Å². The van der Waals surface area contributed by atoms with E-state index >= 15 is 0 Å². The minimum atomic E-state index is -0.0452. The van der Waals surface area contributed by atoms with Crippen LogP contribution in [-0.2, 0) is 16.0 Å². The van der Waals surface area contributed by atoms with Crippen molar-refractivity contribution in [2.75, 3.05) is 26.2 Å². The summed E-state index contributed by atoms with van der Waals surface area (Å²) in [4.78, 5) is 14.6. The molecule has 0 bridgehead atoms. The number of aromatic nitrogens is 1. The lowest BCUT2D eigenvalue weighted by Crippen LogP contribution is -2.50. The van der Waals surface area contributed by atoms with Gasteiger partial charge in [-0.2, -0.15) is 0 Å². The van der Waals surface area contributed by atoms with E-state index in [-0.39, 0.29) is 18.4 Å². The van der Waals surface area contributed by atoms with Gasteiger partial charge in [-0.1, -0.05) is 17.3 Å². The first-order valence-corrected chi connectivity index (χ1v) is 8.25. The molecule has 2 atom stereocenters. The Morgan fingerprint density at radius 1 is 1.39 bits per heavy atom. The maximum atomic E-state index is 12.2. The van der Waals surface area contributed by atoms with E-state index in [0.29, 0.717) is 23.9 Å². The lowest BCUT2D eigenvalue weighted by molar-refractivity contribution is -0.122. The van der Waals surface area contributed by atoms with Gasteiger partial charge in [-0.15, -0.1) is 0 Å². The quantitative estimate of drug-likeness (QED) is 0.922. The van der Waals surface area contributed by atoms with Crippen LogP contribution >= 0.6 is 0 Å². The Morgan fingerprint density at radius 2 is 2.30 bits per heavy atom. The fraction of sp³-hybridized carbons (Fsp3) is 0.529. The molecule has 2 saturated heterocycles. The summed E-state index contributed by atoms with van der Waals surface area (Å²) in [5, 5.41) is 7.86. The predicted octanol–water partition coefficient (Wildman–Crippen LogP) is 1.35. The first-order chi connectivity index (χ1) is 11.3. The molecule has 0 saturated carbocycles. The summed E-state index contributed by atoms with van der Waals surface area (Å²) in [5.41, 5.74) is 1.40. The van der Waals surface area contributed by atoms with Crippen molar-refractivity contribution in [3.05, 3.63) is 30.0 Å². The van der Waals surface area contributed by atoms with Gasteiger partial charge in [0.15, 0.2) is 5.58 Å². The van der Waals surface area contributed by atoms with E-state index in [1.807, 2.05) is 24.3 Å². The van der Waals surface area contributed by atoms with Crippen molar-refractivity contribution in [1.82, 2.24) is 15.4 Å². The number of nitrogens with one attached hydrogen (secondary N) is 1. The van der Waals surface area contributed by atoms with Gasteiger partial charge in [-0.3, -0.25) is 9.69 Å². The molecule has 3 heterocycles. The van der Waals surface area contributed by atoms with Crippen molar-refractivity contribution in [1.29, 1.82) is 0 Å². The van der Waals surface area contributed by atoms with Gasteiger partial charge < -0.3 is 14.6 Å². The lowest BCUT2D eigenvalue weighted by Gasteiger charge is -2.35. The zero-order valence-electron chi connectivity index (χ0n) is 13.0. The molecule has 4 rings (SSSR count). The Hall–Kier alpha value is -1.92. The summed E-state index contributed by atoms with van der Waals surface area (Å²) in [6, 6.07) is 8.17. The molecule has 1 aromatic carbocycles. The van der Waals surface area contributed by atoms with E-state index in [1.54, 1.807) is 0 Å². The minimum absolute atomic E-state index is 0.0452. The normalized spacial score (nSPS) is 24.7. The molecule has 2 aromatic rings. The Kier molecular flexibility index (Phi) is 4.01. The molecule has 2 aliphatic rings. The van der Waals surface area contributed by atoms with Crippen LogP contribution in [0.4, 0.5) is 0 Å². The van der Waals surface area contributed by atoms with E-state index in [4.69, 9.17) is 9.26 Å². The summed E-state index contributed by atoms with van der Waals surface area (Å²) >= 11 is 0. The highest BCUT2D eigenvalue weighted by molar-refractivity contribution is 5.86. The fourth-order valence-electron chi connectivity index (χ4n) is 3.52. The Morgan fingerprint density at radius 3 is 3.26 bits per heavy atom. The Labute approximate surface area is 134 Å². The van der Waals surface area contributed by atoms with Crippen molar-refractivity contribution >= 4 is 16.9 Å². The summed E-state index contributed by atoms with van der Waals surface area (Å²) in [6.07, 6.45) is 2.81. The molecule has 1 N–H and O–H groups in total. The number of amides is 1. The van der Waals surface area contributed by atoms with Crippen LogP contribution in [0.3, 0.4) is 0 Å². The van der Waals surface area contributed by atoms with Gasteiger partial charge in [-0.25, -0.2) is 0 Å². The fourth-order valence-corrected chi connectivity index (χ4v) is 3.52. The van der Waals surface area contributed by atoms with Crippen LogP contribution in [-0.4, -0.2) is 54.4 Å². The highest BCUT2D eigenvalue weighted by atomic mass is 16.5. The molecule has 2 aliphatic heterocycles. The summed E-state index contributed by atoms with van der Waals surface area (Å²) in [6.45, 7) is 3.41. The van der Waals surface area contributed by atoms with Crippen LogP contribution in [0.25, 0.3) is 11.0 Å². The highest BCUT2D eigenvalue weighted by Gasteiger charge is 2.32. The molecule has 0 radical (unpaired) electrons. The third kappa shape index (κ3) is 3.09. The predicted molar refractivity (Wildman–Crippen MR) is 85.1 cm³/mol. The number of para-hydroxylation sites is 1. The number of carbonyl (C=O) groups excluding carboxylic acids is 1. The number of carbonyl (C=O) groups is 1. The molecule has 23 heavy (non-hydrogen) atoms. The van der Waals surface area contributed by atoms with E-state index in [0.717, 1.165) is 25.1 Å². The largest absolute Gasteiger partial charge is 0.373 e. The maximum absolute atomic E-state index is 12.2. The second-order valence-corrected chi connectivity index (χ2v) is 6.35. The second-order valence-electron chi connectivity index (χ2n) is 6.35. The van der Waals surface area contributed by atoms with Crippen molar-refractivity contribution in [3.63, 3.8) is 0 Å². The zero-order valence-corrected chi connectivity index (χ0v) is 13.0. The van der Waals surface area contributed by atoms with Gasteiger partial charge in [0.25, 0.3) is 0 Å². The lowest BCUT2D eigenvalue weighted by atomic mass is 10.1. The van der Waals surface area contributed by atoms with Crippen LogP contribution in [0, 0.1) is 0 Å². The number of hydrogen-bond donors (Lipinski definition) is 1. The third-order valence-corrected chi connectivity index (χ3v) is 4.77. The number of morpholine rings is 1. The van der Waals surface area contributed by atoms with Gasteiger partial charge in [0.2, 0.25) is 5.91 Å². The van der Waals surface area contributed by atoms with Gasteiger partial charge in [0.05, 0.1) is 19.1 Å². The van der Waals surface area contributed by atoms with E-state index in [2.05, 4.69) is 15.4 Å². The smallest absolute Gasteiger partial charge is 0.226 e. The number of benzene rings is 1. The zero-order chi connectivity index (χ0) is 15.6. The Bertz CT molecular complexity index is 699. The van der Waals surface area contributed by atoms with Crippen LogP contribution in [0.2, 0.25) is 0 Å². The first-order valence-electron chi connectivity index (χ1n) is 8.25. The molecular weight excluding hydrogens is 294 g/mol. The molecule has 1 amide bonds. The number of nitrogens with zero attached hydrogens (tertiary/aromatic N) is 2. The molecule has 6 heteroatoms. The summed E-state index contributed by atoms with van der Waals surface area (Å²) < 4.78 is 11.1. The highest BCUT2D eigenvalue weighted by Crippen LogP contribution is 2.22. The standard InChI is InChI=1S/C17H21N3O3/c21-17(8-15-14-5-1-2-6-16(14)23-19-15)18-9-13-10-20-7-3-4-12(20)11-22-13/h1-2,5-6,12-13H,3-4,7-11H2,(H,18,21)/t12-,13+/m0/s1. The molecule has 0 unspecified atom stereocenters. The van der Waals surface area contributed by atoms with E-state index in [1.165, 1.54) is 12.8 Å². The van der Waals surface area contributed by atoms with E-state index < -0.39 is 0 Å². The minimum Gasteiger partial charge on any atom is -0.373 e. The van der Waals surface area contributed by atoms with Gasteiger partial charge in [-0.05, 0) is 31.5 Å². The second kappa shape index (κ2) is 6.29. The maximum Gasteiger partial charge on any atom is 0.226 e. The number of ether oxygens (including phenoxy) is 1. The van der Waals surface area contributed by atoms with Crippen molar-refractivity contribution in [2.45, 2.75) is 31.4 Å². The number of rotatable bonds is 4. The Balaban J connectivity index is 1.30. The SMILES string of the molecule is O=C(Cc1noc2ccccc12)NC[C@@H]1CN2CCC[C@H]2CO1. The van der Waals surface area contributed by atoms with Crippen molar-refractivity contribution in [2.24, 2.45) is 0 Å². The van der Waals surface area contributed by atoms with Gasteiger partial charge in [0.1, 0.15) is 5.69 Å². The van der Waals surface area contributed by atoms with Crippen molar-refractivity contribution < 1.29 is 14.1 Å². The summed E-state index contributed by atoms with van der Waals surface area (Å²) in [5.74, 6) is -0.0452. The summed E-state index contributed by atoms with van der Waals surface area (Å²) in [7, 11) is 0. The molecule has 122 valence electrons. The van der Waals surface area contributed by atoms with Gasteiger partial charge >= 0.3 is 0 Å². The first kappa shape index (κ1) is 14.7. The average Bonchev–Trinajstić information content (AvgIpc) is 3.20. The average molecular weight is 315 g/mol. The van der Waals surface area contributed by atoms with Crippen molar-refractivity contribution in [3.8, 4) is 0 Å². The third-order valence-electron chi connectivity index (χ3n) is 4.77. The topological polar surface area (TPSA) is 67.6 Å². The molecule has 1 aromatic heterocycles. The number of hydrogen-bond acceptors (Lipinski definition) is 5. The molecule has 0 spiro atoms. The molecule has 6 nitrogen and oxygen atoms in total. The van der Waals surface area contributed by atoms with Crippen LogP contribution in [0.5, 0.6) is 0 Å². The van der Waals surface area contributed by atoms with Crippen LogP contribution in [0.1, 0.15) is 18.5 Å². The molecule has 2 fully saturated rings. The van der Waals surface area contributed by atoms with Crippen LogP contribution < -0.4 is 5.32 Å². The number of fused-ring (bicyclic) bond motifs is 2.